The zero-order valence-corrected chi connectivity index (χ0v) is 39.3. The normalized spacial score (nSPS) is 11.9. The molecular weight excluding hydrogens is 1000 g/mol. The maximum absolute atomic E-state index is 10.8. The summed E-state index contributed by atoms with van der Waals surface area (Å²) in [6.07, 6.45) is 0. The van der Waals surface area contributed by atoms with Gasteiger partial charge in [0.25, 0.3) is 0 Å². The topological polar surface area (TPSA) is 343 Å². The minimum Gasteiger partial charge on any atom is -0.744 e. The first-order valence-corrected chi connectivity index (χ1v) is 24.4. The first-order chi connectivity index (χ1) is 27.5. The van der Waals surface area contributed by atoms with Crippen molar-refractivity contribution >= 4 is 60.7 Å². The van der Waals surface area contributed by atoms with Gasteiger partial charge in [0.05, 0.1) is 29.4 Å². The molecule has 0 unspecified atom stereocenters. The van der Waals surface area contributed by atoms with Gasteiger partial charge in [-0.1, -0.05) is 72.8 Å². The van der Waals surface area contributed by atoms with Crippen molar-refractivity contribution in [2.45, 2.75) is 29.4 Å². The third-order valence-corrected chi connectivity index (χ3v) is 13.0. The monoisotopic (exact) mass is 1030 g/mol. The number of hydrogen-bond donors (Lipinski definition) is 0. The van der Waals surface area contributed by atoms with Crippen molar-refractivity contribution < 1.29 is 130 Å². The molecule has 0 saturated heterocycles. The predicted molar refractivity (Wildman–Crippen MR) is 203 cm³/mol. The van der Waals surface area contributed by atoms with Gasteiger partial charge >= 0.3 is 51.7 Å². The molecule has 6 aromatic rings. The van der Waals surface area contributed by atoms with Gasteiger partial charge in [-0.2, -0.15) is 0 Å². The van der Waals surface area contributed by atoms with Crippen LogP contribution < -0.4 is 0 Å². The molecule has 26 heteroatoms. The molecule has 0 spiro atoms. The molecule has 0 aliphatic carbocycles. The van der Waals surface area contributed by atoms with E-state index in [1.807, 2.05) is 0 Å². The Labute approximate surface area is 394 Å². The molecule has 0 radical (unpaired) electrons. The smallest absolute Gasteiger partial charge is 0.744 e. The van der Waals surface area contributed by atoms with E-state index in [-0.39, 0.29) is 81.1 Å². The molecule has 6 rings (SSSR count). The quantitative estimate of drug-likeness (QED) is 0.187. The van der Waals surface area contributed by atoms with Gasteiger partial charge in [-0.05, 0) is 106 Å². The minimum atomic E-state index is -4.50. The molecule has 0 bridgehead atoms. The van der Waals surface area contributed by atoms with Crippen molar-refractivity contribution in [3.05, 3.63) is 146 Å². The van der Waals surface area contributed by atoms with Gasteiger partial charge in [0.1, 0.15) is 60.7 Å². The zero-order chi connectivity index (χ0) is 44.9. The van der Waals surface area contributed by atoms with Gasteiger partial charge < -0.3 is 27.3 Å². The zero-order valence-electron chi connectivity index (χ0n) is 30.8. The Bertz CT molecular complexity index is 2600. The van der Waals surface area contributed by atoms with E-state index in [9.17, 15) is 77.8 Å². The molecule has 0 amide bonds. The van der Waals surface area contributed by atoms with Crippen LogP contribution in [0.3, 0.4) is 0 Å². The molecule has 0 fully saturated rings. The van der Waals surface area contributed by atoms with Crippen LogP contribution in [0.25, 0.3) is 33.4 Å². The summed E-state index contributed by atoms with van der Waals surface area (Å²) >= 11 is 0. The molecule has 0 N–H and O–H groups in total. The standard InChI is InChI=1S/3C12H10O6S2.2Sc/c3*13-19(14,15)11-5-1-9(2-6-11)10-3-7-12(8-4-10)20(16,17)18;;/h3*1-8H,(H,13,14,15)(H,16,17,18);;/q;;;2*+3/p-6. The number of hydrogen-bond acceptors (Lipinski definition) is 18. The van der Waals surface area contributed by atoms with Crippen LogP contribution in [0.4, 0.5) is 0 Å². The summed E-state index contributed by atoms with van der Waals surface area (Å²) in [4.78, 5) is -2.08. The fraction of sp³-hybridized carbons (Fsp3) is 0. The molecule has 0 saturated carbocycles. The summed E-state index contributed by atoms with van der Waals surface area (Å²) in [5.41, 5.74) is 3.54. The Morgan fingerprint density at radius 1 is 0.194 bits per heavy atom. The molecule has 18 nitrogen and oxygen atoms in total. The van der Waals surface area contributed by atoms with Crippen LogP contribution >= 0.6 is 0 Å². The number of benzene rings is 6. The molecule has 62 heavy (non-hydrogen) atoms. The van der Waals surface area contributed by atoms with E-state index in [0.717, 1.165) is 72.8 Å². The first kappa shape index (κ1) is 54.7. The first-order valence-electron chi connectivity index (χ1n) is 15.9. The van der Waals surface area contributed by atoms with E-state index in [0.29, 0.717) is 33.4 Å². The Morgan fingerprint density at radius 2 is 0.274 bits per heavy atom. The molecule has 0 heterocycles. The summed E-state index contributed by atoms with van der Waals surface area (Å²) in [6, 6.07) is 31.0. The van der Waals surface area contributed by atoms with Gasteiger partial charge in [0.15, 0.2) is 0 Å². The predicted octanol–water partition coefficient (Wildman–Crippen LogP) is 3.48. The van der Waals surface area contributed by atoms with E-state index in [1.165, 1.54) is 72.8 Å². The fourth-order valence-electron chi connectivity index (χ4n) is 4.88. The Hall–Kier alpha value is -3.48. The largest absolute Gasteiger partial charge is 3.00 e. The minimum absolute atomic E-state index is 0. The van der Waals surface area contributed by atoms with E-state index in [2.05, 4.69) is 0 Å². The van der Waals surface area contributed by atoms with Crippen LogP contribution in [-0.2, 0) is 112 Å². The van der Waals surface area contributed by atoms with Gasteiger partial charge in [-0.25, -0.2) is 50.5 Å². The average molecular weight is 1030 g/mol. The Morgan fingerprint density at radius 3 is 0.339 bits per heavy atom. The summed E-state index contributed by atoms with van der Waals surface area (Å²) < 4.78 is 194. The SMILES string of the molecule is O=S(=O)([O-])c1ccc(-c2ccc(S(=O)(=O)[O-])cc2)cc1.O=S(=O)([O-])c1ccc(-c2ccc(S(=O)(=O)[O-])cc2)cc1.O=S(=O)([O-])c1ccc(-c2ccc(S(=O)(=O)[O-])cc2)cc1.[Sc+3].[Sc+3]. The van der Waals surface area contributed by atoms with Gasteiger partial charge in [-0.15, -0.1) is 0 Å². The average Bonchev–Trinajstić information content (AvgIpc) is 3.17. The Kier molecular flexibility index (Phi) is 18.9. The molecule has 0 aromatic heterocycles. The van der Waals surface area contributed by atoms with Gasteiger partial charge in [0.2, 0.25) is 0 Å². The summed E-state index contributed by atoms with van der Waals surface area (Å²) in [7, 11) is -27.0. The summed E-state index contributed by atoms with van der Waals surface area (Å²) in [5, 5.41) is 0. The molecule has 6 aromatic carbocycles. The van der Waals surface area contributed by atoms with Crippen LogP contribution in [-0.4, -0.2) is 77.8 Å². The summed E-state index contributed by atoms with van der Waals surface area (Å²) in [6.45, 7) is 0. The van der Waals surface area contributed by atoms with Gasteiger partial charge in [0, 0.05) is 0 Å². The van der Waals surface area contributed by atoms with Crippen molar-refractivity contribution in [2.24, 2.45) is 0 Å². The maximum atomic E-state index is 10.8. The van der Waals surface area contributed by atoms with Crippen molar-refractivity contribution in [2.75, 3.05) is 0 Å². The maximum Gasteiger partial charge on any atom is 3.00 e. The van der Waals surface area contributed by atoms with Crippen LogP contribution in [0.2, 0.25) is 0 Å². The molecular formula is C36H24O18S6Sc2. The van der Waals surface area contributed by atoms with E-state index in [4.69, 9.17) is 0 Å². The van der Waals surface area contributed by atoms with Crippen molar-refractivity contribution in [3.63, 3.8) is 0 Å². The van der Waals surface area contributed by atoms with Crippen LogP contribution in [0, 0.1) is 0 Å². The fourth-order valence-corrected chi connectivity index (χ4v) is 7.70. The van der Waals surface area contributed by atoms with Crippen LogP contribution in [0.1, 0.15) is 0 Å². The Balaban J connectivity index is 0.000000315. The second kappa shape index (κ2) is 21.5. The van der Waals surface area contributed by atoms with Crippen LogP contribution in [0.5, 0.6) is 0 Å². The second-order valence-electron chi connectivity index (χ2n) is 11.9. The van der Waals surface area contributed by atoms with E-state index >= 15 is 0 Å². The van der Waals surface area contributed by atoms with E-state index < -0.39 is 60.7 Å². The second-order valence-corrected chi connectivity index (χ2v) is 20.1. The van der Waals surface area contributed by atoms with E-state index in [1.54, 1.807) is 0 Å². The summed E-state index contributed by atoms with van der Waals surface area (Å²) in [5.74, 6) is 0. The number of rotatable bonds is 9. The third-order valence-electron chi connectivity index (χ3n) is 7.86. The van der Waals surface area contributed by atoms with Crippen molar-refractivity contribution in [1.29, 1.82) is 0 Å². The molecule has 0 atom stereocenters. The van der Waals surface area contributed by atoms with Gasteiger partial charge in [-0.3, -0.25) is 0 Å². The third kappa shape index (κ3) is 15.9. The molecule has 318 valence electrons. The molecule has 0 aliphatic heterocycles. The van der Waals surface area contributed by atoms with Crippen LogP contribution in [0.15, 0.2) is 175 Å². The van der Waals surface area contributed by atoms with Crippen molar-refractivity contribution in [1.82, 2.24) is 0 Å². The van der Waals surface area contributed by atoms with Crippen molar-refractivity contribution in [3.8, 4) is 33.4 Å². The molecule has 0 aliphatic rings.